The van der Waals surface area contributed by atoms with Crippen LogP contribution in [0.15, 0.2) is 78.9 Å². The zero-order valence-electron chi connectivity index (χ0n) is 23.6. The van der Waals surface area contributed by atoms with Crippen LogP contribution in [0.5, 0.6) is 0 Å². The predicted octanol–water partition coefficient (Wildman–Crippen LogP) is 4.93. The van der Waals surface area contributed by atoms with E-state index in [9.17, 15) is 19.2 Å². The van der Waals surface area contributed by atoms with E-state index in [1.54, 1.807) is 29.2 Å². The quantitative estimate of drug-likeness (QED) is 0.370. The van der Waals surface area contributed by atoms with Gasteiger partial charge in [0.25, 0.3) is 11.8 Å². The molecule has 208 valence electrons. The minimum atomic E-state index is -0.742. The Morgan fingerprint density at radius 2 is 1.45 bits per heavy atom. The molecule has 0 bridgehead atoms. The summed E-state index contributed by atoms with van der Waals surface area (Å²) in [5, 5.41) is 3.06. The van der Waals surface area contributed by atoms with Gasteiger partial charge in [-0.1, -0.05) is 72.3 Å². The summed E-state index contributed by atoms with van der Waals surface area (Å²) in [5.74, 6) is -1.10. The van der Waals surface area contributed by atoms with E-state index in [1.165, 1.54) is 4.90 Å². The molecule has 1 heterocycles. The zero-order valence-corrected chi connectivity index (χ0v) is 23.6. The number of aryl methyl sites for hydroxylation is 1. The molecule has 7 nitrogen and oxygen atoms in total. The molecule has 0 aromatic heterocycles. The molecule has 0 fully saturated rings. The molecule has 40 heavy (non-hydrogen) atoms. The van der Waals surface area contributed by atoms with E-state index in [0.29, 0.717) is 24.0 Å². The largest absolute Gasteiger partial charge is 0.350 e. The van der Waals surface area contributed by atoms with Gasteiger partial charge in [-0.2, -0.15) is 0 Å². The number of hydrogen-bond donors (Lipinski definition) is 1. The number of benzene rings is 3. The summed E-state index contributed by atoms with van der Waals surface area (Å²) < 4.78 is 0. The maximum atomic E-state index is 13.8. The summed E-state index contributed by atoms with van der Waals surface area (Å²) >= 11 is 0. The Morgan fingerprint density at radius 3 is 2.05 bits per heavy atom. The summed E-state index contributed by atoms with van der Waals surface area (Å²) in [6.07, 6.45) is 0.750. The van der Waals surface area contributed by atoms with Gasteiger partial charge in [0.2, 0.25) is 11.8 Å². The molecule has 1 aliphatic rings. The third-order valence-electron chi connectivity index (χ3n) is 6.86. The van der Waals surface area contributed by atoms with Gasteiger partial charge in [0.15, 0.2) is 0 Å². The van der Waals surface area contributed by atoms with Crippen LogP contribution in [-0.2, 0) is 22.6 Å². The van der Waals surface area contributed by atoms with Crippen LogP contribution >= 0.6 is 0 Å². The zero-order chi connectivity index (χ0) is 28.9. The van der Waals surface area contributed by atoms with Crippen LogP contribution in [0.1, 0.15) is 71.0 Å². The Bertz CT molecular complexity index is 1360. The third kappa shape index (κ3) is 7.03. The number of nitrogens with one attached hydrogen (secondary N) is 1. The molecule has 1 atom stereocenters. The molecule has 3 aromatic carbocycles. The second-order valence-corrected chi connectivity index (χ2v) is 11.4. The molecule has 7 heteroatoms. The maximum absolute atomic E-state index is 13.8. The van der Waals surface area contributed by atoms with Crippen LogP contribution < -0.4 is 5.32 Å². The third-order valence-corrected chi connectivity index (χ3v) is 6.86. The van der Waals surface area contributed by atoms with Crippen molar-refractivity contribution in [2.24, 2.45) is 0 Å². The summed E-state index contributed by atoms with van der Waals surface area (Å²) in [6.45, 7) is 8.14. The summed E-state index contributed by atoms with van der Waals surface area (Å²) in [6, 6.07) is 23.6. The highest BCUT2D eigenvalue weighted by Gasteiger charge is 2.36. The first-order chi connectivity index (χ1) is 19.0. The van der Waals surface area contributed by atoms with Crippen molar-refractivity contribution >= 4 is 23.6 Å². The van der Waals surface area contributed by atoms with Gasteiger partial charge in [-0.05, 0) is 57.4 Å². The van der Waals surface area contributed by atoms with E-state index >= 15 is 0 Å². The first-order valence-corrected chi connectivity index (χ1v) is 13.7. The van der Waals surface area contributed by atoms with Crippen molar-refractivity contribution in [3.8, 4) is 0 Å². The number of carbonyl (C=O) groups excluding carboxylic acids is 4. The van der Waals surface area contributed by atoms with Crippen molar-refractivity contribution in [1.82, 2.24) is 15.1 Å². The molecule has 0 unspecified atom stereocenters. The van der Waals surface area contributed by atoms with Crippen LogP contribution in [-0.4, -0.2) is 51.6 Å². The van der Waals surface area contributed by atoms with E-state index in [-0.39, 0.29) is 43.1 Å². The first kappa shape index (κ1) is 28.7. The standard InChI is InChI=1S/C33H37N3O4/c1-23-12-10-15-25(20-23)22-36(28(30(38)34-33(2,3)4)21-24-13-6-5-7-14-24)29(37)18-11-19-35-31(39)26-16-8-9-17-27(26)32(35)40/h5-10,12-17,20,28H,11,18-19,21-22H2,1-4H3,(H,34,38)/t28-/m0/s1. The van der Waals surface area contributed by atoms with Crippen molar-refractivity contribution in [3.05, 3.63) is 107 Å². The lowest BCUT2D eigenvalue weighted by atomic mass is 10.00. The molecule has 0 radical (unpaired) electrons. The molecular weight excluding hydrogens is 502 g/mol. The van der Waals surface area contributed by atoms with E-state index in [4.69, 9.17) is 0 Å². The molecule has 4 amide bonds. The lowest BCUT2D eigenvalue weighted by molar-refractivity contribution is -0.142. The van der Waals surface area contributed by atoms with Gasteiger partial charge >= 0.3 is 0 Å². The topological polar surface area (TPSA) is 86.8 Å². The van der Waals surface area contributed by atoms with E-state index < -0.39 is 11.6 Å². The smallest absolute Gasteiger partial charge is 0.261 e. The number of fused-ring (bicyclic) bond motifs is 1. The van der Waals surface area contributed by atoms with E-state index in [1.807, 2.05) is 82.3 Å². The average Bonchev–Trinajstić information content (AvgIpc) is 3.15. The molecule has 4 rings (SSSR count). The van der Waals surface area contributed by atoms with Crippen LogP contribution in [0.3, 0.4) is 0 Å². The Kier molecular flexibility index (Phi) is 8.83. The second kappa shape index (κ2) is 12.3. The minimum absolute atomic E-state index is 0.0906. The van der Waals surface area contributed by atoms with Crippen molar-refractivity contribution in [3.63, 3.8) is 0 Å². The molecule has 1 aliphatic heterocycles. The van der Waals surface area contributed by atoms with Gasteiger partial charge < -0.3 is 10.2 Å². The van der Waals surface area contributed by atoms with E-state index in [2.05, 4.69) is 5.32 Å². The fourth-order valence-electron chi connectivity index (χ4n) is 4.99. The number of rotatable bonds is 10. The highest BCUT2D eigenvalue weighted by atomic mass is 16.2. The number of carbonyl (C=O) groups is 4. The predicted molar refractivity (Wildman–Crippen MR) is 155 cm³/mol. The van der Waals surface area contributed by atoms with Crippen molar-refractivity contribution < 1.29 is 19.2 Å². The fourth-order valence-corrected chi connectivity index (χ4v) is 4.99. The number of imide groups is 1. The summed E-state index contributed by atoms with van der Waals surface area (Å²) in [7, 11) is 0. The SMILES string of the molecule is Cc1cccc(CN(C(=O)CCCN2C(=O)c3ccccc3C2=O)[C@@H](Cc2ccccc2)C(=O)NC(C)(C)C)c1. The maximum Gasteiger partial charge on any atom is 0.261 e. The van der Waals surface area contributed by atoms with Gasteiger partial charge in [-0.25, -0.2) is 0 Å². The Balaban J connectivity index is 1.56. The number of nitrogens with zero attached hydrogens (tertiary/aromatic N) is 2. The molecule has 0 spiro atoms. The van der Waals surface area contributed by atoms with Crippen LogP contribution in [0, 0.1) is 6.92 Å². The Hall–Kier alpha value is -4.26. The molecule has 3 aromatic rings. The van der Waals surface area contributed by atoms with Gasteiger partial charge in [0.05, 0.1) is 11.1 Å². The van der Waals surface area contributed by atoms with Crippen LogP contribution in [0.25, 0.3) is 0 Å². The van der Waals surface area contributed by atoms with Crippen LogP contribution in [0.4, 0.5) is 0 Å². The van der Waals surface area contributed by atoms with Gasteiger partial charge in [0.1, 0.15) is 6.04 Å². The van der Waals surface area contributed by atoms with Crippen molar-refractivity contribution in [1.29, 1.82) is 0 Å². The van der Waals surface area contributed by atoms with Gasteiger partial charge in [-0.3, -0.25) is 24.1 Å². The van der Waals surface area contributed by atoms with Gasteiger partial charge in [0, 0.05) is 31.5 Å². The Morgan fingerprint density at radius 1 is 0.850 bits per heavy atom. The molecular formula is C33H37N3O4. The molecule has 0 saturated heterocycles. The second-order valence-electron chi connectivity index (χ2n) is 11.4. The van der Waals surface area contributed by atoms with E-state index in [0.717, 1.165) is 16.7 Å². The van der Waals surface area contributed by atoms with Crippen molar-refractivity contribution in [2.45, 2.75) is 65.1 Å². The normalized spacial score (nSPS) is 13.7. The summed E-state index contributed by atoms with van der Waals surface area (Å²) in [5.41, 5.74) is 3.24. The molecule has 0 aliphatic carbocycles. The average molecular weight is 540 g/mol. The monoisotopic (exact) mass is 539 g/mol. The minimum Gasteiger partial charge on any atom is -0.350 e. The lowest BCUT2D eigenvalue weighted by Crippen LogP contribution is -2.54. The Labute approximate surface area is 236 Å². The highest BCUT2D eigenvalue weighted by Crippen LogP contribution is 2.23. The van der Waals surface area contributed by atoms with Crippen molar-refractivity contribution in [2.75, 3.05) is 6.54 Å². The first-order valence-electron chi connectivity index (χ1n) is 13.7. The highest BCUT2D eigenvalue weighted by molar-refractivity contribution is 6.21. The molecule has 1 N–H and O–H groups in total. The number of amides is 4. The van der Waals surface area contributed by atoms with Crippen LogP contribution in [0.2, 0.25) is 0 Å². The summed E-state index contributed by atoms with van der Waals surface area (Å²) in [4.78, 5) is 55.9. The fraction of sp³-hybridized carbons (Fsp3) is 0.333. The lowest BCUT2D eigenvalue weighted by Gasteiger charge is -2.34. The molecule has 0 saturated carbocycles. The van der Waals surface area contributed by atoms with Gasteiger partial charge in [-0.15, -0.1) is 0 Å². The number of hydrogen-bond acceptors (Lipinski definition) is 4.